The Bertz CT molecular complexity index is 725. The van der Waals surface area contributed by atoms with Gasteiger partial charge < -0.3 is 24.4 Å². The van der Waals surface area contributed by atoms with Crippen LogP contribution in [0.5, 0.6) is 5.75 Å². The summed E-state index contributed by atoms with van der Waals surface area (Å²) in [4.78, 5) is 27.2. The Labute approximate surface area is 169 Å². The molecule has 11 heteroatoms. The molecule has 0 radical (unpaired) electrons. The maximum absolute atomic E-state index is 12.9. The minimum absolute atomic E-state index is 0.153. The zero-order valence-corrected chi connectivity index (χ0v) is 16.2. The number of carboxylic acid groups (broad SMARTS) is 1. The number of thioether (sulfide) groups is 1. The van der Waals surface area contributed by atoms with Crippen molar-refractivity contribution in [2.45, 2.75) is 24.8 Å². The molecule has 2 heterocycles. The van der Waals surface area contributed by atoms with Crippen molar-refractivity contribution in [2.24, 2.45) is 0 Å². The van der Waals surface area contributed by atoms with Gasteiger partial charge in [0.15, 0.2) is 0 Å². The van der Waals surface area contributed by atoms with Gasteiger partial charge in [-0.15, -0.1) is 13.2 Å². The van der Waals surface area contributed by atoms with E-state index in [2.05, 4.69) is 4.74 Å². The summed E-state index contributed by atoms with van der Waals surface area (Å²) >= 11 is 1.77. The maximum atomic E-state index is 12.9. The fourth-order valence-corrected chi connectivity index (χ4v) is 4.48. The number of piperidine rings is 1. The summed E-state index contributed by atoms with van der Waals surface area (Å²) in [6.45, 7) is 1.74. The van der Waals surface area contributed by atoms with E-state index in [1.165, 1.54) is 24.3 Å². The van der Waals surface area contributed by atoms with Crippen LogP contribution in [0.15, 0.2) is 24.3 Å². The molecule has 2 aliphatic rings. The van der Waals surface area contributed by atoms with E-state index in [0.29, 0.717) is 31.6 Å². The van der Waals surface area contributed by atoms with E-state index in [1.807, 2.05) is 0 Å². The number of benzene rings is 1. The first-order chi connectivity index (χ1) is 13.7. The fraction of sp³-hybridized carbons (Fsp3) is 0.556. The summed E-state index contributed by atoms with van der Waals surface area (Å²) in [6, 6.07) is 5.23. The van der Waals surface area contributed by atoms with Gasteiger partial charge in [0.2, 0.25) is 0 Å². The van der Waals surface area contributed by atoms with Crippen LogP contribution in [-0.4, -0.2) is 77.2 Å². The molecule has 1 aromatic rings. The van der Waals surface area contributed by atoms with Gasteiger partial charge in [0.05, 0.1) is 6.54 Å². The quantitative estimate of drug-likeness (QED) is 0.733. The van der Waals surface area contributed by atoms with Crippen molar-refractivity contribution in [2.75, 3.05) is 37.7 Å². The third kappa shape index (κ3) is 6.09. The van der Waals surface area contributed by atoms with Crippen LogP contribution >= 0.6 is 11.8 Å². The summed E-state index contributed by atoms with van der Waals surface area (Å²) in [5, 5.41) is 8.98. The molecule has 1 aromatic carbocycles. The van der Waals surface area contributed by atoms with Crippen LogP contribution in [0.25, 0.3) is 0 Å². The summed E-state index contributed by atoms with van der Waals surface area (Å²) < 4.78 is 45.8. The Morgan fingerprint density at radius 1 is 1.07 bits per heavy atom. The highest BCUT2D eigenvalue weighted by Gasteiger charge is 2.35. The Hall–Kier alpha value is -2.30. The molecule has 2 atom stereocenters. The largest absolute Gasteiger partial charge is 0.573 e. The number of likely N-dealkylation sites (tertiary alicyclic amines) is 1. The molecule has 2 unspecified atom stereocenters. The number of amides is 2. The second kappa shape index (κ2) is 9.02. The molecule has 2 fully saturated rings. The van der Waals surface area contributed by atoms with E-state index in [1.54, 1.807) is 21.6 Å². The van der Waals surface area contributed by atoms with Gasteiger partial charge in [0.25, 0.3) is 0 Å². The Morgan fingerprint density at radius 2 is 1.72 bits per heavy atom. The number of ether oxygens (including phenoxy) is 2. The second-order valence-corrected chi connectivity index (χ2v) is 8.07. The lowest BCUT2D eigenvalue weighted by Crippen LogP contribution is -2.53. The van der Waals surface area contributed by atoms with E-state index in [4.69, 9.17) is 9.84 Å². The average molecular weight is 434 g/mol. The highest BCUT2D eigenvalue weighted by Crippen LogP contribution is 2.31. The molecule has 0 spiro atoms. The van der Waals surface area contributed by atoms with Gasteiger partial charge in [-0.3, -0.25) is 0 Å². The van der Waals surface area contributed by atoms with Crippen molar-refractivity contribution >= 4 is 23.9 Å². The zero-order chi connectivity index (χ0) is 21.0. The molecule has 0 aromatic heterocycles. The molecule has 3 rings (SSSR count). The molecule has 29 heavy (non-hydrogen) atoms. The van der Waals surface area contributed by atoms with Gasteiger partial charge in [-0.2, -0.15) is 11.8 Å². The average Bonchev–Trinajstić information content (AvgIpc) is 2.66. The smallest absolute Gasteiger partial charge is 0.450 e. The second-order valence-electron chi connectivity index (χ2n) is 6.84. The highest BCUT2D eigenvalue weighted by molar-refractivity contribution is 7.99. The molecule has 2 saturated heterocycles. The van der Waals surface area contributed by atoms with Crippen molar-refractivity contribution in [3.05, 3.63) is 29.8 Å². The van der Waals surface area contributed by atoms with Gasteiger partial charge in [-0.1, -0.05) is 12.1 Å². The first kappa shape index (κ1) is 21.4. The molecule has 2 aliphatic heterocycles. The van der Waals surface area contributed by atoms with Crippen LogP contribution in [-0.2, 0) is 4.74 Å². The fourth-order valence-electron chi connectivity index (χ4n) is 3.57. The lowest BCUT2D eigenvalue weighted by molar-refractivity contribution is -0.274. The number of hydrogen-bond acceptors (Lipinski definition) is 5. The topological polar surface area (TPSA) is 79.3 Å². The normalized spacial score (nSPS) is 22.9. The minimum atomic E-state index is -4.78. The first-order valence-electron chi connectivity index (χ1n) is 9.08. The van der Waals surface area contributed by atoms with Gasteiger partial charge >= 0.3 is 18.5 Å². The summed E-state index contributed by atoms with van der Waals surface area (Å²) in [5.74, 6) is 1.09. The molecular weight excluding hydrogens is 413 g/mol. The van der Waals surface area contributed by atoms with Gasteiger partial charge in [0, 0.05) is 37.1 Å². The zero-order valence-electron chi connectivity index (χ0n) is 15.4. The Kier molecular flexibility index (Phi) is 6.66. The summed E-state index contributed by atoms with van der Waals surface area (Å²) in [6.07, 6.45) is -6.57. The SMILES string of the molecule is O=C(O)OC1CC(c2ccc(OC(F)(F)F)cc2)CN(C(=O)N2CCSCC2)C1. The van der Waals surface area contributed by atoms with E-state index in [9.17, 15) is 22.8 Å². The molecular formula is C18H21F3N2O5S. The molecule has 7 nitrogen and oxygen atoms in total. The molecule has 0 saturated carbocycles. The number of urea groups is 1. The maximum Gasteiger partial charge on any atom is 0.573 e. The molecule has 2 amide bonds. The van der Waals surface area contributed by atoms with Crippen molar-refractivity contribution in [1.82, 2.24) is 9.80 Å². The third-order valence-electron chi connectivity index (χ3n) is 4.82. The Morgan fingerprint density at radius 3 is 2.31 bits per heavy atom. The standard InChI is InChI=1S/C18H21F3N2O5S/c19-18(20,21)28-14-3-1-12(2-4-14)13-9-15(27-17(25)26)11-23(10-13)16(24)22-5-7-29-8-6-22/h1-4,13,15H,5-11H2,(H,25,26). The highest BCUT2D eigenvalue weighted by atomic mass is 32.2. The van der Waals surface area contributed by atoms with Gasteiger partial charge in [0.1, 0.15) is 11.9 Å². The number of carbonyl (C=O) groups excluding carboxylic acids is 1. The third-order valence-corrected chi connectivity index (χ3v) is 5.76. The van der Waals surface area contributed by atoms with Gasteiger partial charge in [-0.05, 0) is 24.1 Å². The lowest BCUT2D eigenvalue weighted by atomic mass is 9.89. The number of halogens is 3. The molecule has 1 N–H and O–H groups in total. The van der Waals surface area contributed by atoms with Crippen molar-refractivity contribution < 1.29 is 37.3 Å². The number of nitrogens with zero attached hydrogens (tertiary/aromatic N) is 2. The van der Waals surface area contributed by atoms with E-state index < -0.39 is 18.6 Å². The molecule has 0 aliphatic carbocycles. The van der Waals surface area contributed by atoms with Crippen LogP contribution in [0.4, 0.5) is 22.8 Å². The molecule has 160 valence electrons. The van der Waals surface area contributed by atoms with E-state index in [0.717, 1.165) is 11.5 Å². The number of hydrogen-bond donors (Lipinski definition) is 1. The van der Waals surface area contributed by atoms with Crippen LogP contribution in [0.2, 0.25) is 0 Å². The predicted octanol–water partition coefficient (Wildman–Crippen LogP) is 3.61. The lowest BCUT2D eigenvalue weighted by Gasteiger charge is -2.40. The van der Waals surface area contributed by atoms with Crippen LogP contribution in [0.1, 0.15) is 17.9 Å². The van der Waals surface area contributed by atoms with Crippen molar-refractivity contribution in [1.29, 1.82) is 0 Å². The monoisotopic (exact) mass is 434 g/mol. The Balaban J connectivity index is 1.74. The van der Waals surface area contributed by atoms with Crippen LogP contribution in [0.3, 0.4) is 0 Å². The van der Waals surface area contributed by atoms with Crippen molar-refractivity contribution in [3.63, 3.8) is 0 Å². The summed E-state index contributed by atoms with van der Waals surface area (Å²) in [5.41, 5.74) is 0.685. The van der Waals surface area contributed by atoms with Crippen LogP contribution in [0, 0.1) is 0 Å². The number of rotatable bonds is 3. The van der Waals surface area contributed by atoms with Gasteiger partial charge in [-0.25, -0.2) is 9.59 Å². The summed E-state index contributed by atoms with van der Waals surface area (Å²) in [7, 11) is 0. The van der Waals surface area contributed by atoms with Crippen LogP contribution < -0.4 is 4.74 Å². The van der Waals surface area contributed by atoms with E-state index in [-0.39, 0.29) is 24.2 Å². The number of carbonyl (C=O) groups is 2. The van der Waals surface area contributed by atoms with Crippen molar-refractivity contribution in [3.8, 4) is 5.75 Å². The van der Waals surface area contributed by atoms with E-state index >= 15 is 0 Å². The predicted molar refractivity (Wildman–Crippen MR) is 99.2 cm³/mol. The number of alkyl halides is 3. The molecule has 0 bridgehead atoms. The minimum Gasteiger partial charge on any atom is -0.450 e. The first-order valence-corrected chi connectivity index (χ1v) is 10.2.